The van der Waals surface area contributed by atoms with Gasteiger partial charge >= 0.3 is 12.2 Å². The average molecular weight is 479 g/mol. The maximum atomic E-state index is 15.2. The summed E-state index contributed by atoms with van der Waals surface area (Å²) in [7, 11) is 0. The highest BCUT2D eigenvalue weighted by molar-refractivity contribution is 6.00. The molecule has 0 aliphatic carbocycles. The number of pyridine rings is 1. The van der Waals surface area contributed by atoms with E-state index < -0.39 is 41.9 Å². The Hall–Kier alpha value is -3.97. The lowest BCUT2D eigenvalue weighted by Crippen LogP contribution is -2.62. The van der Waals surface area contributed by atoms with E-state index in [4.69, 9.17) is 4.74 Å². The van der Waals surface area contributed by atoms with E-state index in [0.29, 0.717) is 23.2 Å². The van der Waals surface area contributed by atoms with Gasteiger partial charge in [0.2, 0.25) is 11.8 Å². The van der Waals surface area contributed by atoms with E-state index in [1.165, 1.54) is 10.7 Å². The van der Waals surface area contributed by atoms with E-state index >= 15 is 4.39 Å². The number of nitrogens with one attached hydrogen (secondary N) is 2. The SMILES string of the molecule is O=C1NCC(c2cc(N3CC(F)(COc4ccc(C(F)(F)F)cn4)C3)c3nccn3n2)C(=O)N1. The van der Waals surface area contributed by atoms with E-state index in [9.17, 15) is 22.8 Å². The van der Waals surface area contributed by atoms with Crippen LogP contribution in [0.1, 0.15) is 17.2 Å². The Labute approximate surface area is 188 Å². The van der Waals surface area contributed by atoms with Crippen molar-refractivity contribution < 1.29 is 31.9 Å². The lowest BCUT2D eigenvalue weighted by Gasteiger charge is -2.45. The van der Waals surface area contributed by atoms with Crippen molar-refractivity contribution >= 4 is 23.3 Å². The van der Waals surface area contributed by atoms with Crippen LogP contribution < -0.4 is 20.3 Å². The first kappa shape index (κ1) is 21.9. The molecule has 2 aliphatic rings. The van der Waals surface area contributed by atoms with Crippen molar-refractivity contribution in [3.63, 3.8) is 0 Å². The van der Waals surface area contributed by atoms with Gasteiger partial charge in [-0.15, -0.1) is 0 Å². The molecule has 3 amide bonds. The average Bonchev–Trinajstić information content (AvgIpc) is 3.24. The number of anilines is 1. The molecule has 0 aromatic carbocycles. The number of imidazole rings is 1. The Balaban J connectivity index is 1.29. The molecule has 5 rings (SSSR count). The Morgan fingerprint density at radius 1 is 1.21 bits per heavy atom. The van der Waals surface area contributed by atoms with Crippen LogP contribution in [0.2, 0.25) is 0 Å². The van der Waals surface area contributed by atoms with Gasteiger partial charge in [0.05, 0.1) is 36.0 Å². The van der Waals surface area contributed by atoms with Crippen LogP contribution in [0.3, 0.4) is 0 Å². The van der Waals surface area contributed by atoms with Crippen LogP contribution in [0.25, 0.3) is 5.65 Å². The van der Waals surface area contributed by atoms with Crippen molar-refractivity contribution in [2.45, 2.75) is 17.8 Å². The standard InChI is InChI=1S/C20H17F4N7O3/c21-19(10-34-15-2-1-11(6-26-15)20(22,23)24)8-30(9-19)14-5-13(29-31-4-3-25-16(14)31)12-7-27-18(33)28-17(12)32/h1-6,12H,7-10H2,(H2,27,28,32,33). The van der Waals surface area contributed by atoms with Crippen molar-refractivity contribution in [1.82, 2.24) is 30.2 Å². The Morgan fingerprint density at radius 2 is 2.00 bits per heavy atom. The molecule has 0 saturated carbocycles. The summed E-state index contributed by atoms with van der Waals surface area (Å²) < 4.78 is 59.8. The summed E-state index contributed by atoms with van der Waals surface area (Å²) in [6.45, 7) is -0.486. The smallest absolute Gasteiger partial charge is 0.417 e. The number of rotatable bonds is 5. The maximum absolute atomic E-state index is 15.2. The van der Waals surface area contributed by atoms with Crippen molar-refractivity contribution in [3.05, 3.63) is 48.0 Å². The molecule has 14 heteroatoms. The minimum atomic E-state index is -4.52. The van der Waals surface area contributed by atoms with Gasteiger partial charge in [-0.2, -0.15) is 18.3 Å². The summed E-state index contributed by atoms with van der Waals surface area (Å²) in [5.74, 6) is -1.34. The third kappa shape index (κ3) is 4.06. The van der Waals surface area contributed by atoms with Gasteiger partial charge in [-0.25, -0.2) is 23.7 Å². The first-order chi connectivity index (χ1) is 16.1. The Morgan fingerprint density at radius 3 is 2.68 bits per heavy atom. The molecule has 0 bridgehead atoms. The Kier molecular flexibility index (Phi) is 5.02. The molecule has 0 radical (unpaired) electrons. The highest BCUT2D eigenvalue weighted by Crippen LogP contribution is 2.35. The molecule has 178 valence electrons. The molecular formula is C20H17F4N7O3. The van der Waals surface area contributed by atoms with Crippen LogP contribution >= 0.6 is 0 Å². The first-order valence-electron chi connectivity index (χ1n) is 10.1. The van der Waals surface area contributed by atoms with Crippen LogP contribution in [0.15, 0.2) is 36.8 Å². The summed E-state index contributed by atoms with van der Waals surface area (Å²) in [5, 5.41) is 9.11. The number of halogens is 4. The fourth-order valence-corrected chi connectivity index (χ4v) is 3.83. The molecule has 10 nitrogen and oxygen atoms in total. The van der Waals surface area contributed by atoms with E-state index in [-0.39, 0.29) is 25.5 Å². The second kappa shape index (κ2) is 7.81. The number of carbonyl (C=O) groups is 2. The fraction of sp³-hybridized carbons (Fsp3) is 0.350. The highest BCUT2D eigenvalue weighted by atomic mass is 19.4. The molecule has 3 aromatic rings. The number of urea groups is 1. The van der Waals surface area contributed by atoms with Crippen LogP contribution in [0.5, 0.6) is 5.88 Å². The van der Waals surface area contributed by atoms with E-state index in [1.54, 1.807) is 17.2 Å². The molecule has 2 saturated heterocycles. The molecule has 5 heterocycles. The molecule has 0 spiro atoms. The topological polar surface area (TPSA) is 114 Å². The minimum Gasteiger partial charge on any atom is -0.474 e. The van der Waals surface area contributed by atoms with Gasteiger partial charge in [-0.3, -0.25) is 10.1 Å². The zero-order valence-corrected chi connectivity index (χ0v) is 17.3. The molecule has 1 unspecified atom stereocenters. The van der Waals surface area contributed by atoms with Gasteiger partial charge in [0.15, 0.2) is 11.3 Å². The van der Waals surface area contributed by atoms with Gasteiger partial charge in [-0.1, -0.05) is 0 Å². The van der Waals surface area contributed by atoms with Gasteiger partial charge in [-0.05, 0) is 12.1 Å². The number of aromatic nitrogens is 4. The molecule has 1 atom stereocenters. The third-order valence-corrected chi connectivity index (χ3v) is 5.57. The summed E-state index contributed by atoms with van der Waals surface area (Å²) in [6.07, 6.45) is -0.790. The van der Waals surface area contributed by atoms with E-state index in [1.807, 2.05) is 0 Å². The number of imide groups is 1. The van der Waals surface area contributed by atoms with Gasteiger partial charge < -0.3 is 15.0 Å². The van der Waals surface area contributed by atoms with Gasteiger partial charge in [0.25, 0.3) is 0 Å². The zero-order valence-electron chi connectivity index (χ0n) is 17.3. The molecule has 2 aliphatic heterocycles. The van der Waals surface area contributed by atoms with Crippen molar-refractivity contribution in [2.75, 3.05) is 31.1 Å². The molecule has 2 fully saturated rings. The predicted octanol–water partition coefficient (Wildman–Crippen LogP) is 1.67. The maximum Gasteiger partial charge on any atom is 0.417 e. The normalized spacial score (nSPS) is 20.0. The summed E-state index contributed by atoms with van der Waals surface area (Å²) in [6, 6.07) is 2.90. The van der Waals surface area contributed by atoms with Crippen LogP contribution in [-0.2, 0) is 11.0 Å². The van der Waals surface area contributed by atoms with Crippen molar-refractivity contribution in [1.29, 1.82) is 0 Å². The van der Waals surface area contributed by atoms with Crippen LogP contribution in [0.4, 0.5) is 28.0 Å². The molecule has 3 aromatic heterocycles. The highest BCUT2D eigenvalue weighted by Gasteiger charge is 2.46. The summed E-state index contributed by atoms with van der Waals surface area (Å²) >= 11 is 0. The second-order valence-corrected chi connectivity index (χ2v) is 8.08. The van der Waals surface area contributed by atoms with Crippen LogP contribution in [-0.4, -0.2) is 63.4 Å². The second-order valence-electron chi connectivity index (χ2n) is 8.08. The lowest BCUT2D eigenvalue weighted by molar-refractivity contribution is -0.137. The van der Waals surface area contributed by atoms with Crippen molar-refractivity contribution in [3.8, 4) is 5.88 Å². The number of nitrogens with zero attached hydrogens (tertiary/aromatic N) is 5. The number of alkyl halides is 4. The number of hydrogen-bond donors (Lipinski definition) is 2. The summed E-state index contributed by atoms with van der Waals surface area (Å²) in [5.41, 5.74) is -1.32. The summed E-state index contributed by atoms with van der Waals surface area (Å²) in [4.78, 5) is 33.1. The third-order valence-electron chi connectivity index (χ3n) is 5.57. The van der Waals surface area contributed by atoms with Gasteiger partial charge in [0.1, 0.15) is 6.61 Å². The van der Waals surface area contributed by atoms with Crippen LogP contribution in [0, 0.1) is 0 Å². The van der Waals surface area contributed by atoms with Crippen molar-refractivity contribution in [2.24, 2.45) is 0 Å². The van der Waals surface area contributed by atoms with Gasteiger partial charge in [0, 0.05) is 31.2 Å². The van der Waals surface area contributed by atoms with E-state index in [0.717, 1.165) is 12.1 Å². The quantitative estimate of drug-likeness (QED) is 0.536. The zero-order chi connectivity index (χ0) is 24.1. The number of carbonyl (C=O) groups excluding carboxylic acids is 2. The minimum absolute atomic E-state index is 0.0678. The lowest BCUT2D eigenvalue weighted by atomic mass is 9.95. The first-order valence-corrected chi connectivity index (χ1v) is 10.1. The largest absolute Gasteiger partial charge is 0.474 e. The number of amides is 3. The molecular weight excluding hydrogens is 462 g/mol. The number of ether oxygens (including phenoxy) is 1. The monoisotopic (exact) mass is 479 g/mol. The molecule has 34 heavy (non-hydrogen) atoms. The van der Waals surface area contributed by atoms with E-state index in [2.05, 4.69) is 25.7 Å². The Bertz CT molecular complexity index is 1260. The predicted molar refractivity (Wildman–Crippen MR) is 108 cm³/mol. The number of fused-ring (bicyclic) bond motifs is 1. The number of hydrogen-bond acceptors (Lipinski definition) is 7. The molecule has 2 N–H and O–H groups in total. The fourth-order valence-electron chi connectivity index (χ4n) is 3.83.